The lowest BCUT2D eigenvalue weighted by Gasteiger charge is -2.25. The molecule has 0 heterocycles. The van der Waals surface area contributed by atoms with Crippen LogP contribution in [0.1, 0.15) is 25.8 Å². The zero-order chi connectivity index (χ0) is 13.6. The number of hydrogen-bond acceptors (Lipinski definition) is 2. The van der Waals surface area contributed by atoms with E-state index >= 15 is 0 Å². The van der Waals surface area contributed by atoms with Crippen LogP contribution in [0.2, 0.25) is 0 Å². The molecule has 1 aromatic carbocycles. The van der Waals surface area contributed by atoms with Crippen LogP contribution in [0, 0.1) is 5.82 Å². The molecule has 1 rings (SSSR count). The fraction of sp³-hybridized carbons (Fsp3) is 0.500. The lowest BCUT2D eigenvalue weighted by Crippen LogP contribution is -2.37. The minimum atomic E-state index is -0.243. The third-order valence-electron chi connectivity index (χ3n) is 2.96. The molecule has 0 saturated carbocycles. The van der Waals surface area contributed by atoms with Gasteiger partial charge in [-0.3, -0.25) is 4.79 Å². The first-order valence-corrected chi connectivity index (χ1v) is 6.13. The van der Waals surface area contributed by atoms with Crippen LogP contribution in [0.5, 0.6) is 0 Å². The topological polar surface area (TPSA) is 41.1 Å². The maximum Gasteiger partial charge on any atom is 0.221 e. The van der Waals surface area contributed by atoms with E-state index in [0.717, 1.165) is 5.56 Å². The Balaban J connectivity index is 2.54. The Hall–Kier alpha value is -1.42. The molecule has 100 valence electrons. The number of carbonyl (C=O) groups is 1. The Morgan fingerprint density at radius 2 is 1.89 bits per heavy atom. The summed E-state index contributed by atoms with van der Waals surface area (Å²) in [6, 6.07) is 6.41. The van der Waals surface area contributed by atoms with E-state index in [0.29, 0.717) is 19.5 Å². The van der Waals surface area contributed by atoms with Crippen molar-refractivity contribution in [3.05, 3.63) is 35.6 Å². The van der Waals surface area contributed by atoms with E-state index in [1.807, 2.05) is 20.9 Å². The molecule has 0 atom stereocenters. The highest BCUT2D eigenvalue weighted by atomic mass is 19.1. The second-order valence-corrected chi connectivity index (χ2v) is 5.02. The van der Waals surface area contributed by atoms with E-state index in [9.17, 15) is 9.18 Å². The highest BCUT2D eigenvalue weighted by molar-refractivity contribution is 5.76. The Morgan fingerprint density at radius 1 is 1.28 bits per heavy atom. The van der Waals surface area contributed by atoms with Crippen molar-refractivity contribution in [2.75, 3.05) is 20.1 Å². The van der Waals surface area contributed by atoms with Crippen molar-refractivity contribution < 1.29 is 9.18 Å². The molecular weight excluding hydrogens is 231 g/mol. The Morgan fingerprint density at radius 3 is 2.44 bits per heavy atom. The molecule has 0 aliphatic carbocycles. The number of halogens is 1. The predicted molar refractivity (Wildman–Crippen MR) is 71.0 cm³/mol. The lowest BCUT2D eigenvalue weighted by molar-refractivity contribution is -0.121. The monoisotopic (exact) mass is 252 g/mol. The van der Waals surface area contributed by atoms with Crippen molar-refractivity contribution in [2.24, 2.45) is 0 Å². The molecule has 0 aliphatic rings. The summed E-state index contributed by atoms with van der Waals surface area (Å²) in [5.74, 6) is -0.216. The summed E-state index contributed by atoms with van der Waals surface area (Å²) in [5.41, 5.74) is 0.807. The maximum atomic E-state index is 12.9. The highest BCUT2D eigenvalue weighted by Gasteiger charge is 2.21. The van der Waals surface area contributed by atoms with E-state index < -0.39 is 0 Å². The van der Waals surface area contributed by atoms with Crippen LogP contribution in [-0.4, -0.2) is 26.0 Å². The highest BCUT2D eigenvalue weighted by Crippen LogP contribution is 2.22. The van der Waals surface area contributed by atoms with Gasteiger partial charge in [0, 0.05) is 24.9 Å². The molecular formula is C14H21FN2O. The second kappa shape index (κ2) is 6.50. The summed E-state index contributed by atoms with van der Waals surface area (Å²) in [6.07, 6.45) is 0.468. The van der Waals surface area contributed by atoms with Gasteiger partial charge in [0.15, 0.2) is 0 Å². The minimum Gasteiger partial charge on any atom is -0.355 e. The third kappa shape index (κ3) is 4.45. The normalized spacial score (nSPS) is 11.3. The molecule has 4 heteroatoms. The largest absolute Gasteiger partial charge is 0.355 e. The van der Waals surface area contributed by atoms with Crippen molar-refractivity contribution in [1.82, 2.24) is 10.6 Å². The maximum absolute atomic E-state index is 12.9. The fourth-order valence-electron chi connectivity index (χ4n) is 1.65. The Kier molecular flexibility index (Phi) is 5.28. The molecule has 0 unspecified atom stereocenters. The zero-order valence-corrected chi connectivity index (χ0v) is 11.2. The van der Waals surface area contributed by atoms with Crippen molar-refractivity contribution in [3.63, 3.8) is 0 Å². The number of benzene rings is 1. The molecule has 0 fully saturated rings. The van der Waals surface area contributed by atoms with E-state index in [-0.39, 0.29) is 17.1 Å². The number of carbonyl (C=O) groups excluding carboxylic acids is 1. The van der Waals surface area contributed by atoms with Crippen LogP contribution in [0.25, 0.3) is 0 Å². The smallest absolute Gasteiger partial charge is 0.221 e. The molecule has 0 bridgehead atoms. The van der Waals surface area contributed by atoms with Crippen LogP contribution in [-0.2, 0) is 10.2 Å². The first-order chi connectivity index (χ1) is 8.45. The van der Waals surface area contributed by atoms with Gasteiger partial charge < -0.3 is 10.6 Å². The minimum absolute atomic E-state index is 0.0273. The van der Waals surface area contributed by atoms with Gasteiger partial charge in [-0.25, -0.2) is 4.39 Å². The molecule has 0 aromatic heterocycles. The molecule has 0 radical (unpaired) electrons. The van der Waals surface area contributed by atoms with Crippen molar-refractivity contribution in [3.8, 4) is 0 Å². The van der Waals surface area contributed by atoms with E-state index in [2.05, 4.69) is 10.6 Å². The number of hydrogen-bond donors (Lipinski definition) is 2. The van der Waals surface area contributed by atoms with Gasteiger partial charge in [0.25, 0.3) is 0 Å². The first-order valence-electron chi connectivity index (χ1n) is 6.13. The molecule has 0 saturated heterocycles. The van der Waals surface area contributed by atoms with Gasteiger partial charge in [0.2, 0.25) is 5.91 Å². The lowest BCUT2D eigenvalue weighted by atomic mass is 9.84. The van der Waals surface area contributed by atoms with Crippen molar-refractivity contribution in [1.29, 1.82) is 0 Å². The van der Waals surface area contributed by atoms with E-state index in [1.165, 1.54) is 12.1 Å². The SMILES string of the molecule is CNCCC(=O)NCC(C)(C)c1ccc(F)cc1. The molecule has 3 nitrogen and oxygen atoms in total. The zero-order valence-electron chi connectivity index (χ0n) is 11.2. The molecule has 0 aliphatic heterocycles. The van der Waals surface area contributed by atoms with Crippen LogP contribution < -0.4 is 10.6 Å². The molecule has 2 N–H and O–H groups in total. The van der Waals surface area contributed by atoms with Gasteiger partial charge in [-0.05, 0) is 24.7 Å². The van der Waals surface area contributed by atoms with Gasteiger partial charge in [-0.2, -0.15) is 0 Å². The molecule has 18 heavy (non-hydrogen) atoms. The summed E-state index contributed by atoms with van der Waals surface area (Å²) in [6.45, 7) is 5.27. The van der Waals surface area contributed by atoms with Gasteiger partial charge >= 0.3 is 0 Å². The van der Waals surface area contributed by atoms with Crippen molar-refractivity contribution in [2.45, 2.75) is 25.7 Å². The van der Waals surface area contributed by atoms with Crippen molar-refractivity contribution >= 4 is 5.91 Å². The summed E-state index contributed by atoms with van der Waals surface area (Å²) >= 11 is 0. The summed E-state index contributed by atoms with van der Waals surface area (Å²) < 4.78 is 12.9. The van der Waals surface area contributed by atoms with Gasteiger partial charge in [-0.15, -0.1) is 0 Å². The summed E-state index contributed by atoms with van der Waals surface area (Å²) in [5, 5.41) is 5.83. The standard InChI is InChI=1S/C14H21FN2O/c1-14(2,10-17-13(18)8-9-16-3)11-4-6-12(15)7-5-11/h4-7,16H,8-10H2,1-3H3,(H,17,18). The Labute approximate surface area is 108 Å². The average Bonchev–Trinajstić information content (AvgIpc) is 2.34. The fourth-order valence-corrected chi connectivity index (χ4v) is 1.65. The predicted octanol–water partition coefficient (Wildman–Crippen LogP) is 1.83. The number of rotatable bonds is 6. The number of amides is 1. The third-order valence-corrected chi connectivity index (χ3v) is 2.96. The molecule has 0 spiro atoms. The number of nitrogens with one attached hydrogen (secondary N) is 2. The molecule has 1 amide bonds. The second-order valence-electron chi connectivity index (χ2n) is 5.02. The molecule has 1 aromatic rings. The quantitative estimate of drug-likeness (QED) is 0.811. The summed E-state index contributed by atoms with van der Waals surface area (Å²) in [7, 11) is 1.82. The first kappa shape index (κ1) is 14.6. The van der Waals surface area contributed by atoms with Gasteiger partial charge in [-0.1, -0.05) is 26.0 Å². The van der Waals surface area contributed by atoms with E-state index in [4.69, 9.17) is 0 Å². The average molecular weight is 252 g/mol. The van der Waals surface area contributed by atoms with Crippen LogP contribution in [0.15, 0.2) is 24.3 Å². The van der Waals surface area contributed by atoms with E-state index in [1.54, 1.807) is 12.1 Å². The van der Waals surface area contributed by atoms with Gasteiger partial charge in [0.05, 0.1) is 0 Å². The Bertz CT molecular complexity index is 387. The van der Waals surface area contributed by atoms with Gasteiger partial charge in [0.1, 0.15) is 5.82 Å². The summed E-state index contributed by atoms with van der Waals surface area (Å²) in [4.78, 5) is 11.5. The van der Waals surface area contributed by atoms with Crippen LogP contribution >= 0.6 is 0 Å². The van der Waals surface area contributed by atoms with Crippen LogP contribution in [0.3, 0.4) is 0 Å². The van der Waals surface area contributed by atoms with Crippen LogP contribution in [0.4, 0.5) is 4.39 Å².